The molecular weight excluding hydrogens is 238 g/mol. The summed E-state index contributed by atoms with van der Waals surface area (Å²) >= 11 is 0. The maximum atomic E-state index is 5.32. The third kappa shape index (κ3) is 4.30. The van der Waals surface area contributed by atoms with E-state index in [0.29, 0.717) is 12.5 Å². The van der Waals surface area contributed by atoms with Crippen LogP contribution in [0.5, 0.6) is 0 Å². The van der Waals surface area contributed by atoms with Gasteiger partial charge in [0, 0.05) is 5.92 Å². The van der Waals surface area contributed by atoms with Crippen molar-refractivity contribution in [1.29, 1.82) is 0 Å². The van der Waals surface area contributed by atoms with Gasteiger partial charge in [0.1, 0.15) is 0 Å². The highest BCUT2D eigenvalue weighted by Gasteiger charge is 2.25. The lowest BCUT2D eigenvalue weighted by Crippen LogP contribution is -2.15. The normalized spacial score (nSPS) is 23.7. The van der Waals surface area contributed by atoms with E-state index in [-0.39, 0.29) is 0 Å². The molecule has 1 aromatic rings. The number of hydrogen-bond acceptors (Lipinski definition) is 4. The molecule has 0 unspecified atom stereocenters. The average Bonchev–Trinajstić information content (AvgIpc) is 2.89. The fraction of sp³-hybridized carbons (Fsp3) is 0.867. The van der Waals surface area contributed by atoms with Crippen LogP contribution in [-0.4, -0.2) is 16.7 Å². The summed E-state index contributed by atoms with van der Waals surface area (Å²) in [5.74, 6) is 3.12. The highest BCUT2D eigenvalue weighted by Crippen LogP contribution is 2.36. The standard InChI is InChI=1S/C15H27N3O/c1-3-5-12-6-8-13(9-7-12)15-17-14(19-18-15)11-16-10-4-2/h12-13,16H,3-11H2,1-2H3. The first-order valence-corrected chi connectivity index (χ1v) is 7.86. The zero-order valence-corrected chi connectivity index (χ0v) is 12.3. The number of hydrogen-bond donors (Lipinski definition) is 1. The Hall–Kier alpha value is -0.900. The zero-order valence-electron chi connectivity index (χ0n) is 12.3. The number of nitrogens with one attached hydrogen (secondary N) is 1. The van der Waals surface area contributed by atoms with Crippen molar-refractivity contribution in [2.24, 2.45) is 5.92 Å². The van der Waals surface area contributed by atoms with Gasteiger partial charge in [-0.15, -0.1) is 0 Å². The average molecular weight is 265 g/mol. The molecule has 0 atom stereocenters. The molecule has 1 aromatic heterocycles. The van der Waals surface area contributed by atoms with E-state index in [9.17, 15) is 0 Å². The second-order valence-corrected chi connectivity index (χ2v) is 5.73. The molecule has 1 saturated carbocycles. The van der Waals surface area contributed by atoms with Gasteiger partial charge in [0.2, 0.25) is 5.89 Å². The van der Waals surface area contributed by atoms with Gasteiger partial charge in [-0.25, -0.2) is 0 Å². The molecule has 0 radical (unpaired) electrons. The summed E-state index contributed by atoms with van der Waals surface area (Å²) in [6.07, 6.45) is 8.93. The molecule has 1 fully saturated rings. The smallest absolute Gasteiger partial charge is 0.240 e. The van der Waals surface area contributed by atoms with Gasteiger partial charge in [0.05, 0.1) is 6.54 Å². The van der Waals surface area contributed by atoms with Crippen LogP contribution < -0.4 is 5.32 Å². The van der Waals surface area contributed by atoms with Crippen molar-refractivity contribution in [2.45, 2.75) is 71.3 Å². The Kier molecular flexibility index (Phi) is 5.83. The predicted octanol–water partition coefficient (Wildman–Crippen LogP) is 3.64. The van der Waals surface area contributed by atoms with Crippen molar-refractivity contribution in [3.63, 3.8) is 0 Å². The monoisotopic (exact) mass is 265 g/mol. The minimum Gasteiger partial charge on any atom is -0.338 e. The lowest BCUT2D eigenvalue weighted by atomic mass is 9.80. The minimum atomic E-state index is 0.525. The van der Waals surface area contributed by atoms with Crippen LogP contribution in [0.2, 0.25) is 0 Å². The highest BCUT2D eigenvalue weighted by molar-refractivity contribution is 4.97. The van der Waals surface area contributed by atoms with Crippen molar-refractivity contribution < 1.29 is 4.52 Å². The maximum Gasteiger partial charge on any atom is 0.240 e. The Morgan fingerprint density at radius 3 is 2.63 bits per heavy atom. The van der Waals surface area contributed by atoms with Crippen LogP contribution in [0, 0.1) is 5.92 Å². The van der Waals surface area contributed by atoms with Crippen LogP contribution in [0.25, 0.3) is 0 Å². The lowest BCUT2D eigenvalue weighted by molar-refractivity contribution is 0.294. The Bertz CT molecular complexity index is 356. The van der Waals surface area contributed by atoms with Crippen molar-refractivity contribution in [2.75, 3.05) is 6.54 Å². The molecule has 1 N–H and O–H groups in total. The Labute approximate surface area is 116 Å². The summed E-state index contributed by atoms with van der Waals surface area (Å²) in [4.78, 5) is 4.54. The second-order valence-electron chi connectivity index (χ2n) is 5.73. The Balaban J connectivity index is 1.79. The molecule has 1 aliphatic rings. The van der Waals surface area contributed by atoms with E-state index < -0.39 is 0 Å². The summed E-state index contributed by atoms with van der Waals surface area (Å²) in [5.41, 5.74) is 0. The summed E-state index contributed by atoms with van der Waals surface area (Å²) in [5, 5.41) is 7.46. The zero-order chi connectivity index (χ0) is 13.5. The van der Waals surface area contributed by atoms with Crippen molar-refractivity contribution in [3.8, 4) is 0 Å². The molecule has 0 amide bonds. The first-order chi connectivity index (χ1) is 9.33. The van der Waals surface area contributed by atoms with Gasteiger partial charge < -0.3 is 9.84 Å². The van der Waals surface area contributed by atoms with E-state index in [4.69, 9.17) is 4.52 Å². The van der Waals surface area contributed by atoms with Crippen LogP contribution in [0.3, 0.4) is 0 Å². The first kappa shape index (κ1) is 14.5. The number of aromatic nitrogens is 2. The third-order valence-electron chi connectivity index (χ3n) is 4.10. The van der Waals surface area contributed by atoms with Crippen molar-refractivity contribution >= 4 is 0 Å². The fourth-order valence-electron chi connectivity index (χ4n) is 3.00. The van der Waals surface area contributed by atoms with Crippen molar-refractivity contribution in [1.82, 2.24) is 15.5 Å². The molecule has 19 heavy (non-hydrogen) atoms. The molecule has 0 aromatic carbocycles. The van der Waals surface area contributed by atoms with Gasteiger partial charge >= 0.3 is 0 Å². The van der Waals surface area contributed by atoms with E-state index >= 15 is 0 Å². The fourth-order valence-corrected chi connectivity index (χ4v) is 3.00. The largest absolute Gasteiger partial charge is 0.338 e. The maximum absolute atomic E-state index is 5.32. The van der Waals surface area contributed by atoms with Crippen LogP contribution in [0.15, 0.2) is 4.52 Å². The molecule has 0 bridgehead atoms. The van der Waals surface area contributed by atoms with E-state index in [1.54, 1.807) is 0 Å². The molecule has 108 valence electrons. The van der Waals surface area contributed by atoms with Gasteiger partial charge in [-0.3, -0.25) is 0 Å². The van der Waals surface area contributed by atoms with Crippen LogP contribution >= 0.6 is 0 Å². The van der Waals surface area contributed by atoms with E-state index in [1.165, 1.54) is 38.5 Å². The summed E-state index contributed by atoms with van der Waals surface area (Å²) < 4.78 is 5.32. The molecule has 0 spiro atoms. The number of nitrogens with zero attached hydrogens (tertiary/aromatic N) is 2. The van der Waals surface area contributed by atoms with Gasteiger partial charge in [-0.2, -0.15) is 4.98 Å². The molecule has 0 aliphatic heterocycles. The molecule has 4 heteroatoms. The number of rotatable bonds is 7. The molecule has 0 saturated heterocycles. The van der Waals surface area contributed by atoms with Crippen LogP contribution in [0.4, 0.5) is 0 Å². The summed E-state index contributed by atoms with van der Waals surface area (Å²) in [7, 11) is 0. The van der Waals surface area contributed by atoms with Crippen LogP contribution in [-0.2, 0) is 6.54 Å². The minimum absolute atomic E-state index is 0.525. The molecule has 2 rings (SSSR count). The van der Waals surface area contributed by atoms with E-state index in [2.05, 4.69) is 29.3 Å². The topological polar surface area (TPSA) is 51.0 Å². The first-order valence-electron chi connectivity index (χ1n) is 7.86. The van der Waals surface area contributed by atoms with Gasteiger partial charge in [0.15, 0.2) is 5.82 Å². The van der Waals surface area contributed by atoms with Gasteiger partial charge in [0.25, 0.3) is 0 Å². The molecule has 1 heterocycles. The lowest BCUT2D eigenvalue weighted by Gasteiger charge is -2.26. The predicted molar refractivity (Wildman–Crippen MR) is 75.9 cm³/mol. The van der Waals surface area contributed by atoms with Gasteiger partial charge in [-0.1, -0.05) is 31.8 Å². The summed E-state index contributed by atoms with van der Waals surface area (Å²) in [6.45, 7) is 6.13. The Morgan fingerprint density at radius 1 is 1.16 bits per heavy atom. The molecular formula is C15H27N3O. The Morgan fingerprint density at radius 2 is 1.95 bits per heavy atom. The van der Waals surface area contributed by atoms with Crippen molar-refractivity contribution in [3.05, 3.63) is 11.7 Å². The van der Waals surface area contributed by atoms with Crippen LogP contribution in [0.1, 0.15) is 76.4 Å². The van der Waals surface area contributed by atoms with E-state index in [1.807, 2.05) is 0 Å². The summed E-state index contributed by atoms with van der Waals surface area (Å²) in [6, 6.07) is 0. The second kappa shape index (κ2) is 7.63. The third-order valence-corrected chi connectivity index (χ3v) is 4.10. The highest BCUT2D eigenvalue weighted by atomic mass is 16.5. The quantitative estimate of drug-likeness (QED) is 0.765. The molecule has 4 nitrogen and oxygen atoms in total. The molecule has 1 aliphatic carbocycles. The van der Waals surface area contributed by atoms with E-state index in [0.717, 1.165) is 30.6 Å². The van der Waals surface area contributed by atoms with Gasteiger partial charge in [-0.05, 0) is 44.6 Å². The SMILES string of the molecule is CCCNCc1nc(C2CCC(CCC)CC2)no1.